The maximum absolute atomic E-state index is 11.9. The molecule has 0 aliphatic heterocycles. The SMILES string of the molecule is Cc1cc(N)ccc1S(=O)(=O)CC(=O)NC(N)=O. The highest BCUT2D eigenvalue weighted by atomic mass is 32.2. The average molecular weight is 271 g/mol. The molecule has 8 heteroatoms. The van der Waals surface area contributed by atoms with Crippen molar-refractivity contribution in [2.45, 2.75) is 11.8 Å². The van der Waals surface area contributed by atoms with Crippen LogP contribution in [0.4, 0.5) is 10.5 Å². The topological polar surface area (TPSA) is 132 Å². The Morgan fingerprint density at radius 3 is 2.44 bits per heavy atom. The molecule has 0 saturated carbocycles. The molecule has 0 unspecified atom stereocenters. The summed E-state index contributed by atoms with van der Waals surface area (Å²) in [5, 5.41) is 1.70. The Bertz CT molecular complexity index is 595. The summed E-state index contributed by atoms with van der Waals surface area (Å²) < 4.78 is 23.8. The molecule has 0 aliphatic carbocycles. The molecule has 0 radical (unpaired) electrons. The normalized spacial score (nSPS) is 10.9. The number of urea groups is 1. The van der Waals surface area contributed by atoms with Crippen molar-refractivity contribution in [3.63, 3.8) is 0 Å². The molecule has 7 nitrogen and oxygen atoms in total. The number of sulfone groups is 1. The Labute approximate surface area is 104 Å². The van der Waals surface area contributed by atoms with Gasteiger partial charge in [0.2, 0.25) is 5.91 Å². The standard InChI is InChI=1S/C10H13N3O4S/c1-6-4-7(11)2-3-8(6)18(16,17)5-9(14)13-10(12)15/h2-4H,5,11H2,1H3,(H3,12,13,14,15). The van der Waals surface area contributed by atoms with Crippen LogP contribution in [0.15, 0.2) is 23.1 Å². The van der Waals surface area contributed by atoms with Crippen LogP contribution in [0.25, 0.3) is 0 Å². The Hall–Kier alpha value is -2.09. The molecule has 0 heterocycles. The number of carbonyl (C=O) groups excluding carboxylic acids is 2. The number of nitrogens with one attached hydrogen (secondary N) is 1. The molecule has 5 N–H and O–H groups in total. The van der Waals surface area contributed by atoms with Crippen LogP contribution in [0.2, 0.25) is 0 Å². The van der Waals surface area contributed by atoms with Gasteiger partial charge in [0.05, 0.1) is 4.90 Å². The number of nitrogens with two attached hydrogens (primary N) is 2. The zero-order chi connectivity index (χ0) is 13.9. The summed E-state index contributed by atoms with van der Waals surface area (Å²) in [6.45, 7) is 1.56. The van der Waals surface area contributed by atoms with Crippen LogP contribution in [0.5, 0.6) is 0 Å². The molecule has 0 aliphatic rings. The minimum absolute atomic E-state index is 0.00341. The molecule has 98 valence electrons. The Morgan fingerprint density at radius 1 is 1.33 bits per heavy atom. The molecule has 1 aromatic carbocycles. The molecular formula is C10H13N3O4S. The van der Waals surface area contributed by atoms with E-state index in [9.17, 15) is 18.0 Å². The highest BCUT2D eigenvalue weighted by molar-refractivity contribution is 7.92. The Morgan fingerprint density at radius 2 is 1.94 bits per heavy atom. The Kier molecular flexibility index (Phi) is 3.92. The number of primary amides is 1. The number of benzene rings is 1. The van der Waals surface area contributed by atoms with Gasteiger partial charge in [-0.2, -0.15) is 0 Å². The van der Waals surface area contributed by atoms with Crippen LogP contribution >= 0.6 is 0 Å². The lowest BCUT2D eigenvalue weighted by molar-refractivity contribution is -0.117. The minimum Gasteiger partial charge on any atom is -0.399 e. The lowest BCUT2D eigenvalue weighted by Crippen LogP contribution is -2.38. The number of amides is 3. The first-order chi connectivity index (χ1) is 8.22. The van der Waals surface area contributed by atoms with Gasteiger partial charge < -0.3 is 11.5 Å². The monoisotopic (exact) mass is 271 g/mol. The smallest absolute Gasteiger partial charge is 0.318 e. The quantitative estimate of drug-likeness (QED) is 0.640. The molecule has 0 bridgehead atoms. The van der Waals surface area contributed by atoms with Crippen molar-refractivity contribution in [3.05, 3.63) is 23.8 Å². The maximum Gasteiger partial charge on any atom is 0.318 e. The zero-order valence-electron chi connectivity index (χ0n) is 9.64. The van der Waals surface area contributed by atoms with E-state index >= 15 is 0 Å². The van der Waals surface area contributed by atoms with Crippen molar-refractivity contribution in [2.75, 3.05) is 11.5 Å². The van der Waals surface area contributed by atoms with Gasteiger partial charge in [0.1, 0.15) is 5.75 Å². The average Bonchev–Trinajstić information content (AvgIpc) is 2.13. The number of rotatable bonds is 3. The molecule has 3 amide bonds. The fourth-order valence-electron chi connectivity index (χ4n) is 1.45. The second kappa shape index (κ2) is 5.05. The van der Waals surface area contributed by atoms with Crippen molar-refractivity contribution >= 4 is 27.5 Å². The van der Waals surface area contributed by atoms with Crippen LogP contribution in [0.3, 0.4) is 0 Å². The molecule has 0 aromatic heterocycles. The molecule has 0 spiro atoms. The third kappa shape index (κ3) is 3.45. The van der Waals surface area contributed by atoms with Gasteiger partial charge in [0, 0.05) is 5.69 Å². The summed E-state index contributed by atoms with van der Waals surface area (Å²) >= 11 is 0. The number of hydrogen-bond donors (Lipinski definition) is 3. The van der Waals surface area contributed by atoms with Crippen molar-refractivity contribution in [1.29, 1.82) is 0 Å². The van der Waals surface area contributed by atoms with Crippen molar-refractivity contribution in [2.24, 2.45) is 5.73 Å². The Balaban J connectivity index is 3.00. The van der Waals surface area contributed by atoms with Crippen LogP contribution in [0, 0.1) is 6.92 Å². The van der Waals surface area contributed by atoms with Gasteiger partial charge in [0.15, 0.2) is 9.84 Å². The molecule has 18 heavy (non-hydrogen) atoms. The molecule has 0 saturated heterocycles. The predicted octanol–water partition coefficient (Wildman–Crippen LogP) is -0.454. The summed E-state index contributed by atoms with van der Waals surface area (Å²) in [6, 6.07) is 3.13. The van der Waals surface area contributed by atoms with E-state index in [-0.39, 0.29) is 4.90 Å². The van der Waals surface area contributed by atoms with Crippen LogP contribution in [-0.2, 0) is 14.6 Å². The van der Waals surface area contributed by atoms with E-state index in [0.29, 0.717) is 11.3 Å². The first-order valence-corrected chi connectivity index (χ1v) is 6.56. The van der Waals surface area contributed by atoms with E-state index < -0.39 is 27.5 Å². The molecule has 0 atom stereocenters. The minimum atomic E-state index is -3.83. The van der Waals surface area contributed by atoms with E-state index in [1.54, 1.807) is 12.2 Å². The molecule has 1 rings (SSSR count). The largest absolute Gasteiger partial charge is 0.399 e. The number of nitrogen functional groups attached to an aromatic ring is 1. The van der Waals surface area contributed by atoms with Gasteiger partial charge in [-0.1, -0.05) is 0 Å². The zero-order valence-corrected chi connectivity index (χ0v) is 10.5. The highest BCUT2D eigenvalue weighted by Crippen LogP contribution is 2.19. The number of anilines is 1. The van der Waals surface area contributed by atoms with E-state index in [0.717, 1.165) is 0 Å². The second-order valence-corrected chi connectivity index (χ2v) is 5.65. The highest BCUT2D eigenvalue weighted by Gasteiger charge is 2.21. The molecule has 1 aromatic rings. The van der Waals surface area contributed by atoms with Crippen LogP contribution in [0.1, 0.15) is 5.56 Å². The van der Waals surface area contributed by atoms with E-state index in [1.165, 1.54) is 18.2 Å². The predicted molar refractivity (Wildman–Crippen MR) is 65.4 cm³/mol. The molecular weight excluding hydrogens is 258 g/mol. The van der Waals surface area contributed by atoms with Gasteiger partial charge in [0.25, 0.3) is 0 Å². The van der Waals surface area contributed by atoms with Crippen molar-refractivity contribution in [1.82, 2.24) is 5.32 Å². The molecule has 0 fully saturated rings. The summed E-state index contributed by atoms with van der Waals surface area (Å²) in [7, 11) is -3.83. The van der Waals surface area contributed by atoms with E-state index in [2.05, 4.69) is 0 Å². The third-order valence-corrected chi connectivity index (χ3v) is 3.89. The second-order valence-electron chi connectivity index (χ2n) is 3.70. The van der Waals surface area contributed by atoms with Crippen LogP contribution in [-0.4, -0.2) is 26.1 Å². The first kappa shape index (κ1) is 14.0. The van der Waals surface area contributed by atoms with E-state index in [4.69, 9.17) is 11.5 Å². The maximum atomic E-state index is 11.9. The fraction of sp³-hybridized carbons (Fsp3) is 0.200. The lowest BCUT2D eigenvalue weighted by atomic mass is 10.2. The van der Waals surface area contributed by atoms with E-state index in [1.807, 2.05) is 0 Å². The number of aryl methyl sites for hydroxylation is 1. The van der Waals surface area contributed by atoms with Gasteiger partial charge in [-0.05, 0) is 30.7 Å². The van der Waals surface area contributed by atoms with Crippen LogP contribution < -0.4 is 16.8 Å². The summed E-state index contributed by atoms with van der Waals surface area (Å²) in [4.78, 5) is 21.6. The van der Waals surface area contributed by atoms with Crippen molar-refractivity contribution < 1.29 is 18.0 Å². The number of carbonyl (C=O) groups is 2. The van der Waals surface area contributed by atoms with Gasteiger partial charge >= 0.3 is 6.03 Å². The summed E-state index contributed by atoms with van der Waals surface area (Å²) in [5.41, 5.74) is 11.1. The first-order valence-electron chi connectivity index (χ1n) is 4.90. The fourth-order valence-corrected chi connectivity index (χ4v) is 2.84. The number of hydrogen-bond acceptors (Lipinski definition) is 5. The number of imide groups is 1. The van der Waals surface area contributed by atoms with Gasteiger partial charge in [-0.25, -0.2) is 13.2 Å². The van der Waals surface area contributed by atoms with Gasteiger partial charge in [-0.15, -0.1) is 0 Å². The van der Waals surface area contributed by atoms with Crippen molar-refractivity contribution in [3.8, 4) is 0 Å². The third-order valence-electron chi connectivity index (χ3n) is 2.12. The summed E-state index contributed by atoms with van der Waals surface area (Å²) in [5.74, 6) is -1.82. The van der Waals surface area contributed by atoms with Gasteiger partial charge in [-0.3, -0.25) is 10.1 Å². The lowest BCUT2D eigenvalue weighted by Gasteiger charge is -2.07. The summed E-state index contributed by atoms with van der Waals surface area (Å²) in [6.07, 6.45) is 0.